The number of oxime groups is 2. The molecular formula is C25H38CoN5O4. The smallest absolute Gasteiger partial charge is 0.792 e. The summed E-state index contributed by atoms with van der Waals surface area (Å²) in [5.74, 6) is 2.08. The SMILES string of the molecule is C=CCCC1CC[C@@H](C=C)[C@@H]1[CH2-].CC(=N\[O-])/C(C)=N/O.CC(=N\[O-])/C(C)=N/O.[Co+3].c1ccncc1. The Morgan fingerprint density at radius 1 is 0.943 bits per heavy atom. The van der Waals surface area contributed by atoms with Gasteiger partial charge in [0.25, 0.3) is 0 Å². The van der Waals surface area contributed by atoms with Crippen molar-refractivity contribution < 1.29 is 27.2 Å². The second-order valence-electron chi connectivity index (χ2n) is 7.52. The predicted octanol–water partition coefficient (Wildman–Crippen LogP) is 6.28. The molecule has 10 heteroatoms. The summed E-state index contributed by atoms with van der Waals surface area (Å²) in [7, 11) is 0. The van der Waals surface area contributed by atoms with Crippen LogP contribution >= 0.6 is 0 Å². The van der Waals surface area contributed by atoms with E-state index in [1.54, 1.807) is 12.4 Å². The van der Waals surface area contributed by atoms with Crippen molar-refractivity contribution >= 4 is 22.8 Å². The van der Waals surface area contributed by atoms with Crippen LogP contribution in [0.1, 0.15) is 53.4 Å². The zero-order valence-electron chi connectivity index (χ0n) is 21.0. The molecule has 1 aromatic heterocycles. The molecule has 2 N–H and O–H groups in total. The molecule has 35 heavy (non-hydrogen) atoms. The summed E-state index contributed by atoms with van der Waals surface area (Å²) < 4.78 is 0. The summed E-state index contributed by atoms with van der Waals surface area (Å²) in [5.41, 5.74) is 0.903. The Balaban J connectivity index is -0.000000399. The molecule has 0 saturated heterocycles. The van der Waals surface area contributed by atoms with Crippen molar-refractivity contribution in [2.24, 2.45) is 38.4 Å². The van der Waals surface area contributed by atoms with Crippen molar-refractivity contribution in [2.45, 2.75) is 53.4 Å². The van der Waals surface area contributed by atoms with Gasteiger partial charge in [0, 0.05) is 12.4 Å². The molecule has 1 aliphatic carbocycles. The quantitative estimate of drug-likeness (QED) is 0.146. The molecule has 1 fully saturated rings. The van der Waals surface area contributed by atoms with E-state index in [4.69, 9.17) is 10.4 Å². The molecule has 2 rings (SSSR count). The number of nitrogens with zero attached hydrogens (tertiary/aromatic N) is 5. The van der Waals surface area contributed by atoms with Crippen molar-refractivity contribution in [3.8, 4) is 0 Å². The van der Waals surface area contributed by atoms with E-state index >= 15 is 0 Å². The molecule has 0 aromatic carbocycles. The Kier molecular flexibility index (Phi) is 25.2. The summed E-state index contributed by atoms with van der Waals surface area (Å²) in [5, 5.41) is 45.8. The second kappa shape index (κ2) is 24.2. The van der Waals surface area contributed by atoms with Gasteiger partial charge in [-0.2, -0.15) is 5.92 Å². The molecule has 1 saturated carbocycles. The van der Waals surface area contributed by atoms with Gasteiger partial charge in [0.15, 0.2) is 0 Å². The van der Waals surface area contributed by atoms with Gasteiger partial charge < -0.3 is 38.1 Å². The first-order valence-corrected chi connectivity index (χ1v) is 10.9. The fourth-order valence-corrected chi connectivity index (χ4v) is 2.76. The fourth-order valence-electron chi connectivity index (χ4n) is 2.76. The summed E-state index contributed by atoms with van der Waals surface area (Å²) >= 11 is 0. The minimum Gasteiger partial charge on any atom is -0.792 e. The Labute approximate surface area is 219 Å². The van der Waals surface area contributed by atoms with Crippen molar-refractivity contribution in [3.63, 3.8) is 0 Å². The average molecular weight is 532 g/mol. The zero-order valence-corrected chi connectivity index (χ0v) is 22.0. The van der Waals surface area contributed by atoms with Crippen LogP contribution in [0.2, 0.25) is 0 Å². The van der Waals surface area contributed by atoms with Gasteiger partial charge in [0.1, 0.15) is 0 Å². The van der Waals surface area contributed by atoms with Gasteiger partial charge in [-0.05, 0) is 65.0 Å². The van der Waals surface area contributed by atoms with Gasteiger partial charge in [-0.25, -0.2) is 0 Å². The molecule has 3 atom stereocenters. The van der Waals surface area contributed by atoms with E-state index in [9.17, 15) is 10.4 Å². The van der Waals surface area contributed by atoms with E-state index < -0.39 is 0 Å². The van der Waals surface area contributed by atoms with Gasteiger partial charge in [-0.3, -0.25) is 4.98 Å². The van der Waals surface area contributed by atoms with Crippen LogP contribution in [-0.4, -0.2) is 38.2 Å². The molecule has 1 aromatic rings. The minimum atomic E-state index is 0. The Morgan fingerprint density at radius 2 is 1.43 bits per heavy atom. The average Bonchev–Trinajstić information content (AvgIpc) is 3.26. The molecular weight excluding hydrogens is 493 g/mol. The summed E-state index contributed by atoms with van der Waals surface area (Å²) in [6.07, 6.45) is 12.6. The second-order valence-corrected chi connectivity index (χ2v) is 7.52. The van der Waals surface area contributed by atoms with Gasteiger partial charge in [-0.15, -0.1) is 13.2 Å². The maximum absolute atomic E-state index is 9.63. The van der Waals surface area contributed by atoms with Gasteiger partial charge in [0.05, 0.1) is 22.8 Å². The van der Waals surface area contributed by atoms with Gasteiger partial charge in [-0.1, -0.05) is 40.9 Å². The van der Waals surface area contributed by atoms with E-state index in [0.717, 1.165) is 12.3 Å². The predicted molar refractivity (Wildman–Crippen MR) is 142 cm³/mol. The molecule has 0 aliphatic heterocycles. The first-order valence-electron chi connectivity index (χ1n) is 10.9. The third kappa shape index (κ3) is 18.1. The molecule has 0 bridgehead atoms. The van der Waals surface area contributed by atoms with Crippen molar-refractivity contribution in [1.82, 2.24) is 4.98 Å². The van der Waals surface area contributed by atoms with Gasteiger partial charge >= 0.3 is 16.8 Å². The largest absolute Gasteiger partial charge is 3.00 e. The number of allylic oxidation sites excluding steroid dienone is 2. The Bertz CT molecular complexity index is 708. The Morgan fingerprint density at radius 3 is 1.66 bits per heavy atom. The summed E-state index contributed by atoms with van der Waals surface area (Å²) in [6, 6.07) is 5.72. The molecule has 0 amide bonds. The fraction of sp³-hybridized carbons (Fsp3) is 0.440. The normalized spacial score (nSPS) is 19.9. The van der Waals surface area contributed by atoms with Crippen LogP contribution in [0.5, 0.6) is 0 Å². The number of hydrogen-bond acceptors (Lipinski definition) is 9. The van der Waals surface area contributed by atoms with Crippen LogP contribution in [0.3, 0.4) is 0 Å². The van der Waals surface area contributed by atoms with E-state index in [2.05, 4.69) is 51.8 Å². The van der Waals surface area contributed by atoms with Crippen LogP contribution in [0.25, 0.3) is 0 Å². The maximum atomic E-state index is 9.63. The summed E-state index contributed by atoms with van der Waals surface area (Å²) in [4.78, 5) is 3.78. The molecule has 196 valence electrons. The maximum Gasteiger partial charge on any atom is 3.00 e. The monoisotopic (exact) mass is 531 g/mol. The van der Waals surface area contributed by atoms with Crippen molar-refractivity contribution in [1.29, 1.82) is 0 Å². The molecule has 0 spiro atoms. The number of hydrogen-bond donors (Lipinski definition) is 2. The molecule has 0 radical (unpaired) electrons. The third-order valence-electron chi connectivity index (χ3n) is 5.26. The first-order chi connectivity index (χ1) is 16.2. The van der Waals surface area contributed by atoms with Gasteiger partial charge in [0.2, 0.25) is 0 Å². The van der Waals surface area contributed by atoms with Crippen LogP contribution in [0.4, 0.5) is 0 Å². The molecule has 1 aliphatic rings. The van der Waals surface area contributed by atoms with Crippen LogP contribution < -0.4 is 0 Å². The number of pyridine rings is 1. The van der Waals surface area contributed by atoms with E-state index in [-0.39, 0.29) is 39.6 Å². The van der Waals surface area contributed by atoms with E-state index in [1.807, 2.05) is 24.3 Å². The van der Waals surface area contributed by atoms with E-state index in [0.29, 0.717) is 11.8 Å². The zero-order chi connectivity index (χ0) is 26.4. The van der Waals surface area contributed by atoms with E-state index in [1.165, 1.54) is 47.0 Å². The molecule has 1 unspecified atom stereocenters. The number of rotatable bonds is 6. The first kappa shape index (κ1) is 36.6. The van der Waals surface area contributed by atoms with Crippen molar-refractivity contribution in [2.75, 3.05) is 0 Å². The topological polar surface area (TPSA) is 149 Å². The standard InChI is InChI=1S/C12H19.C5H5N.2C4H8N2O2.Co/c1-4-6-7-12-9-8-11(5-2)10(12)3;1-2-4-6-5-3-1;2*1-3(5-7)4(2)6-8;/h4-5,10-12H,1-3,6-9H2;1-5H;2*7-8H,1-2H3;/q-1;;;;+3/p-2/b;;2*5-3+,6-4+;/t10-,11+,12?;;;;/m0..../s1. The van der Waals surface area contributed by atoms with Crippen LogP contribution in [-0.2, 0) is 16.8 Å². The summed E-state index contributed by atoms with van der Waals surface area (Å²) in [6.45, 7) is 17.8. The number of aromatic nitrogens is 1. The molecule has 9 nitrogen and oxygen atoms in total. The third-order valence-corrected chi connectivity index (χ3v) is 5.26. The van der Waals surface area contributed by atoms with Crippen molar-refractivity contribution in [3.05, 3.63) is 73.2 Å². The Hall–Kier alpha value is -2.98. The van der Waals surface area contributed by atoms with Crippen LogP contribution in [0.15, 0.2) is 76.5 Å². The van der Waals surface area contributed by atoms with Crippen LogP contribution in [0, 0.1) is 35.1 Å². The molecule has 1 heterocycles. The minimum absolute atomic E-state index is 0.